The van der Waals surface area contributed by atoms with Crippen LogP contribution < -0.4 is 10.1 Å². The molecule has 4 rings (SSSR count). The lowest BCUT2D eigenvalue weighted by Crippen LogP contribution is -2.29. The quantitative estimate of drug-likeness (QED) is 0.473. The van der Waals surface area contributed by atoms with Gasteiger partial charge >= 0.3 is 0 Å². The molecule has 6 heteroatoms. The van der Waals surface area contributed by atoms with Crippen molar-refractivity contribution < 1.29 is 18.3 Å². The lowest BCUT2D eigenvalue weighted by atomic mass is 9.90. The number of ether oxygens (including phenoxy) is 1. The Balaban J connectivity index is 1.66. The lowest BCUT2D eigenvalue weighted by Gasteiger charge is -2.19. The molecule has 1 heterocycles. The number of rotatable bonds is 6. The summed E-state index contributed by atoms with van der Waals surface area (Å²) in [6.07, 6.45) is 1.91. The molecule has 0 aliphatic rings. The van der Waals surface area contributed by atoms with E-state index in [-0.39, 0.29) is 18.0 Å². The van der Waals surface area contributed by atoms with Crippen molar-refractivity contribution in [3.63, 3.8) is 0 Å². The van der Waals surface area contributed by atoms with Crippen LogP contribution in [0.2, 0.25) is 0 Å². The maximum atomic E-state index is 14.0. The fraction of sp³-hybridized carbons (Fsp3) is 0.125. The third-order valence-corrected chi connectivity index (χ3v) is 5.15. The number of methoxy groups -OCH3 is 1. The Morgan fingerprint density at radius 1 is 1.07 bits per heavy atom. The molecular weight excluding hydrogens is 386 g/mol. The van der Waals surface area contributed by atoms with Crippen molar-refractivity contribution in [2.75, 3.05) is 13.7 Å². The number of halogens is 2. The first-order chi connectivity index (χ1) is 14.6. The largest absolute Gasteiger partial charge is 0.497 e. The summed E-state index contributed by atoms with van der Waals surface area (Å²) in [5.41, 5.74) is 2.62. The van der Waals surface area contributed by atoms with E-state index in [0.29, 0.717) is 0 Å². The first-order valence-electron chi connectivity index (χ1n) is 9.50. The number of para-hydroxylation sites is 1. The Morgan fingerprint density at radius 2 is 1.83 bits per heavy atom. The summed E-state index contributed by atoms with van der Waals surface area (Å²) >= 11 is 0. The van der Waals surface area contributed by atoms with Gasteiger partial charge in [-0.3, -0.25) is 4.79 Å². The molecule has 3 aromatic carbocycles. The number of H-pyrrole nitrogens is 1. The molecule has 2 N–H and O–H groups in total. The SMILES string of the molecule is COc1ccc(C(CNC(=O)c2cc(F)ccc2F)c2c[nH]c3ccccc23)cc1. The molecule has 4 nitrogen and oxygen atoms in total. The highest BCUT2D eigenvalue weighted by Gasteiger charge is 2.21. The molecule has 4 aromatic rings. The standard InChI is InChI=1S/C24H20F2N2O2/c1-30-17-9-6-15(7-10-17)20(21-14-27-23-5-3-2-4-18(21)23)13-28-24(29)19-12-16(25)8-11-22(19)26/h2-12,14,20,27H,13H2,1H3,(H,28,29). The van der Waals surface area contributed by atoms with Crippen LogP contribution in [0.4, 0.5) is 8.78 Å². The maximum Gasteiger partial charge on any atom is 0.254 e. The van der Waals surface area contributed by atoms with Crippen LogP contribution in [-0.2, 0) is 0 Å². The van der Waals surface area contributed by atoms with Gasteiger partial charge in [0.05, 0.1) is 12.7 Å². The molecule has 152 valence electrons. The van der Waals surface area contributed by atoms with Gasteiger partial charge in [0, 0.05) is 29.6 Å². The molecule has 0 fully saturated rings. The number of aromatic amines is 1. The Labute approximate surface area is 172 Å². The van der Waals surface area contributed by atoms with Crippen LogP contribution in [0.15, 0.2) is 72.9 Å². The van der Waals surface area contributed by atoms with Gasteiger partial charge < -0.3 is 15.0 Å². The number of hydrogen-bond acceptors (Lipinski definition) is 2. The van der Waals surface area contributed by atoms with Crippen LogP contribution >= 0.6 is 0 Å². The van der Waals surface area contributed by atoms with E-state index in [9.17, 15) is 13.6 Å². The maximum absolute atomic E-state index is 14.0. The molecule has 0 saturated heterocycles. The number of nitrogens with one attached hydrogen (secondary N) is 2. The van der Waals surface area contributed by atoms with Crippen LogP contribution in [0.25, 0.3) is 10.9 Å². The van der Waals surface area contributed by atoms with Crippen LogP contribution in [0.3, 0.4) is 0 Å². The molecule has 0 aliphatic heterocycles. The zero-order chi connectivity index (χ0) is 21.1. The normalized spacial score (nSPS) is 12.0. The van der Waals surface area contributed by atoms with E-state index in [2.05, 4.69) is 10.3 Å². The summed E-state index contributed by atoms with van der Waals surface area (Å²) in [4.78, 5) is 15.8. The molecule has 1 atom stereocenters. The van der Waals surface area contributed by atoms with Gasteiger partial charge in [0.25, 0.3) is 5.91 Å². The third-order valence-electron chi connectivity index (χ3n) is 5.15. The second-order valence-corrected chi connectivity index (χ2v) is 6.95. The van der Waals surface area contributed by atoms with Crippen LogP contribution in [-0.4, -0.2) is 24.5 Å². The van der Waals surface area contributed by atoms with E-state index in [0.717, 1.165) is 46.0 Å². The van der Waals surface area contributed by atoms with Crippen molar-refractivity contribution in [2.24, 2.45) is 0 Å². The van der Waals surface area contributed by atoms with Gasteiger partial charge in [0.1, 0.15) is 17.4 Å². The highest BCUT2D eigenvalue weighted by molar-refractivity contribution is 5.94. The number of amides is 1. The van der Waals surface area contributed by atoms with E-state index in [1.807, 2.05) is 54.7 Å². The van der Waals surface area contributed by atoms with E-state index >= 15 is 0 Å². The number of hydrogen-bond donors (Lipinski definition) is 2. The van der Waals surface area contributed by atoms with Gasteiger partial charge in [-0.25, -0.2) is 8.78 Å². The number of aromatic nitrogens is 1. The van der Waals surface area contributed by atoms with Gasteiger partial charge in [-0.15, -0.1) is 0 Å². The third kappa shape index (κ3) is 3.89. The Hall–Kier alpha value is -3.67. The van der Waals surface area contributed by atoms with Crippen LogP contribution in [0, 0.1) is 11.6 Å². The first-order valence-corrected chi connectivity index (χ1v) is 9.50. The van der Waals surface area contributed by atoms with Crippen molar-refractivity contribution in [1.29, 1.82) is 0 Å². The lowest BCUT2D eigenvalue weighted by molar-refractivity contribution is 0.0948. The predicted octanol–water partition coefficient (Wildman–Crippen LogP) is 5.02. The van der Waals surface area contributed by atoms with Crippen molar-refractivity contribution in [3.8, 4) is 5.75 Å². The van der Waals surface area contributed by atoms with Gasteiger partial charge in [-0.2, -0.15) is 0 Å². The highest BCUT2D eigenvalue weighted by Crippen LogP contribution is 2.31. The van der Waals surface area contributed by atoms with Gasteiger partial charge in [-0.1, -0.05) is 30.3 Å². The highest BCUT2D eigenvalue weighted by atomic mass is 19.1. The fourth-order valence-electron chi connectivity index (χ4n) is 3.59. The minimum atomic E-state index is -0.762. The average molecular weight is 406 g/mol. The summed E-state index contributed by atoms with van der Waals surface area (Å²) in [5.74, 6) is -1.56. The predicted molar refractivity (Wildman–Crippen MR) is 112 cm³/mol. The van der Waals surface area contributed by atoms with Crippen LogP contribution in [0.1, 0.15) is 27.4 Å². The summed E-state index contributed by atoms with van der Waals surface area (Å²) in [6, 6.07) is 18.3. The van der Waals surface area contributed by atoms with Crippen molar-refractivity contribution in [3.05, 3.63) is 101 Å². The minimum absolute atomic E-state index is 0.201. The Bertz CT molecular complexity index is 1190. The number of benzene rings is 3. The number of carbonyl (C=O) groups is 1. The Kier molecular flexibility index (Phi) is 5.48. The summed E-state index contributed by atoms with van der Waals surface area (Å²) in [7, 11) is 1.60. The number of carbonyl (C=O) groups excluding carboxylic acids is 1. The van der Waals surface area contributed by atoms with Crippen molar-refractivity contribution in [2.45, 2.75) is 5.92 Å². The molecule has 1 aromatic heterocycles. The second-order valence-electron chi connectivity index (χ2n) is 6.95. The van der Waals surface area contributed by atoms with Crippen molar-refractivity contribution >= 4 is 16.8 Å². The average Bonchev–Trinajstić information content (AvgIpc) is 3.20. The van der Waals surface area contributed by atoms with Gasteiger partial charge in [0.15, 0.2) is 0 Å². The summed E-state index contributed by atoms with van der Waals surface area (Å²) < 4.78 is 32.7. The number of fused-ring (bicyclic) bond motifs is 1. The fourth-order valence-corrected chi connectivity index (χ4v) is 3.59. The molecule has 0 radical (unpaired) electrons. The molecule has 30 heavy (non-hydrogen) atoms. The first kappa shape index (κ1) is 19.6. The Morgan fingerprint density at radius 3 is 2.60 bits per heavy atom. The molecule has 0 aliphatic carbocycles. The van der Waals surface area contributed by atoms with E-state index in [1.165, 1.54) is 0 Å². The molecule has 1 amide bonds. The van der Waals surface area contributed by atoms with Crippen molar-refractivity contribution in [1.82, 2.24) is 10.3 Å². The zero-order valence-corrected chi connectivity index (χ0v) is 16.3. The van der Waals surface area contributed by atoms with Gasteiger partial charge in [-0.05, 0) is 47.5 Å². The monoisotopic (exact) mass is 406 g/mol. The minimum Gasteiger partial charge on any atom is -0.497 e. The summed E-state index contributed by atoms with van der Waals surface area (Å²) in [5, 5.41) is 3.79. The molecule has 0 saturated carbocycles. The van der Waals surface area contributed by atoms with Crippen LogP contribution in [0.5, 0.6) is 5.75 Å². The topological polar surface area (TPSA) is 54.1 Å². The van der Waals surface area contributed by atoms with E-state index < -0.39 is 17.5 Å². The smallest absolute Gasteiger partial charge is 0.254 e. The molecule has 1 unspecified atom stereocenters. The molecule has 0 bridgehead atoms. The molecular formula is C24H20F2N2O2. The molecule has 0 spiro atoms. The van der Waals surface area contributed by atoms with E-state index in [1.54, 1.807) is 7.11 Å². The van der Waals surface area contributed by atoms with E-state index in [4.69, 9.17) is 4.74 Å². The zero-order valence-electron chi connectivity index (χ0n) is 16.3. The summed E-state index contributed by atoms with van der Waals surface area (Å²) in [6.45, 7) is 0.211. The van der Waals surface area contributed by atoms with Gasteiger partial charge in [0.2, 0.25) is 0 Å². The second kappa shape index (κ2) is 8.37.